The molecule has 5 heteroatoms. The van der Waals surface area contributed by atoms with Crippen LogP contribution in [0.15, 0.2) is 48.5 Å². The van der Waals surface area contributed by atoms with Crippen molar-refractivity contribution in [2.75, 3.05) is 19.0 Å². The van der Waals surface area contributed by atoms with E-state index in [1.807, 2.05) is 6.07 Å². The number of carbonyl (C=O) groups excluding carboxylic acids is 2. The van der Waals surface area contributed by atoms with Crippen LogP contribution in [0.5, 0.6) is 5.75 Å². The average molecular weight is 340 g/mol. The van der Waals surface area contributed by atoms with Crippen molar-refractivity contribution in [1.29, 1.82) is 0 Å². The Labute approximate surface area is 148 Å². The maximum Gasteiger partial charge on any atom is 0.255 e. The summed E-state index contributed by atoms with van der Waals surface area (Å²) in [4.78, 5) is 24.4. The van der Waals surface area contributed by atoms with Gasteiger partial charge < -0.3 is 15.4 Å². The van der Waals surface area contributed by atoms with Gasteiger partial charge in [-0.1, -0.05) is 32.0 Å². The van der Waals surface area contributed by atoms with Gasteiger partial charge in [-0.25, -0.2) is 0 Å². The zero-order valence-corrected chi connectivity index (χ0v) is 14.8. The van der Waals surface area contributed by atoms with E-state index in [0.717, 1.165) is 6.42 Å². The van der Waals surface area contributed by atoms with E-state index < -0.39 is 0 Å². The smallest absolute Gasteiger partial charge is 0.255 e. The van der Waals surface area contributed by atoms with Gasteiger partial charge in [-0.2, -0.15) is 0 Å². The van der Waals surface area contributed by atoms with E-state index in [9.17, 15) is 9.59 Å². The molecule has 2 rings (SSSR count). The second-order valence-electron chi connectivity index (χ2n) is 6.14. The Balaban J connectivity index is 2.10. The van der Waals surface area contributed by atoms with E-state index in [1.54, 1.807) is 49.5 Å². The molecule has 0 saturated carbocycles. The molecule has 0 spiro atoms. The van der Waals surface area contributed by atoms with Gasteiger partial charge in [0.1, 0.15) is 5.75 Å². The van der Waals surface area contributed by atoms with Crippen molar-refractivity contribution < 1.29 is 14.3 Å². The minimum absolute atomic E-state index is 0.248. The number of amides is 2. The molecular weight excluding hydrogens is 316 g/mol. The van der Waals surface area contributed by atoms with E-state index in [2.05, 4.69) is 24.5 Å². The van der Waals surface area contributed by atoms with Crippen LogP contribution >= 0.6 is 0 Å². The fourth-order valence-electron chi connectivity index (χ4n) is 2.26. The molecule has 0 saturated heterocycles. The Kier molecular flexibility index (Phi) is 6.57. The standard InChI is InChI=1S/C20H24N2O3/c1-14(2)11-12-25-16-8-6-7-15(13-16)19(23)22-18-10-5-4-9-17(18)20(24)21-3/h4-10,13-14H,11-12H2,1-3H3,(H,21,24)(H,22,23). The zero-order chi connectivity index (χ0) is 18.2. The third-order valence-corrected chi connectivity index (χ3v) is 3.71. The van der Waals surface area contributed by atoms with Crippen LogP contribution in [0.1, 0.15) is 41.0 Å². The quantitative estimate of drug-likeness (QED) is 0.807. The monoisotopic (exact) mass is 340 g/mol. The molecule has 0 radical (unpaired) electrons. The fraction of sp³-hybridized carbons (Fsp3) is 0.300. The SMILES string of the molecule is CNC(=O)c1ccccc1NC(=O)c1cccc(OCCC(C)C)c1. The molecule has 2 aromatic carbocycles. The third kappa shape index (κ3) is 5.35. The molecule has 2 amide bonds. The van der Waals surface area contributed by atoms with Gasteiger partial charge in [0.2, 0.25) is 0 Å². The fourth-order valence-corrected chi connectivity index (χ4v) is 2.26. The number of hydrogen-bond donors (Lipinski definition) is 2. The first-order valence-electron chi connectivity index (χ1n) is 8.36. The van der Waals surface area contributed by atoms with Crippen LogP contribution in [0.3, 0.4) is 0 Å². The number of anilines is 1. The normalized spacial score (nSPS) is 10.4. The van der Waals surface area contributed by atoms with Crippen molar-refractivity contribution in [3.8, 4) is 5.75 Å². The number of carbonyl (C=O) groups is 2. The van der Waals surface area contributed by atoms with E-state index in [1.165, 1.54) is 0 Å². The van der Waals surface area contributed by atoms with Crippen LogP contribution in [0, 0.1) is 5.92 Å². The number of nitrogens with one attached hydrogen (secondary N) is 2. The summed E-state index contributed by atoms with van der Waals surface area (Å²) in [7, 11) is 1.55. The molecule has 0 aliphatic carbocycles. The van der Waals surface area contributed by atoms with Crippen molar-refractivity contribution >= 4 is 17.5 Å². The van der Waals surface area contributed by atoms with Crippen molar-refractivity contribution in [3.05, 3.63) is 59.7 Å². The summed E-state index contributed by atoms with van der Waals surface area (Å²) in [6, 6.07) is 13.9. The van der Waals surface area contributed by atoms with Gasteiger partial charge >= 0.3 is 0 Å². The second kappa shape index (κ2) is 8.87. The van der Waals surface area contributed by atoms with E-state index in [-0.39, 0.29) is 11.8 Å². The summed E-state index contributed by atoms with van der Waals surface area (Å²) in [5, 5.41) is 5.35. The lowest BCUT2D eigenvalue weighted by Crippen LogP contribution is -2.21. The highest BCUT2D eigenvalue weighted by Crippen LogP contribution is 2.19. The van der Waals surface area contributed by atoms with Crippen molar-refractivity contribution in [2.24, 2.45) is 5.92 Å². The molecule has 0 aliphatic rings. The summed E-state index contributed by atoms with van der Waals surface area (Å²) >= 11 is 0. The first kappa shape index (κ1) is 18.5. The molecule has 2 aromatic rings. The van der Waals surface area contributed by atoms with Crippen molar-refractivity contribution in [1.82, 2.24) is 5.32 Å². The van der Waals surface area contributed by atoms with Crippen LogP contribution in [0.25, 0.3) is 0 Å². The highest BCUT2D eigenvalue weighted by atomic mass is 16.5. The van der Waals surface area contributed by atoms with Crippen LogP contribution in [0.2, 0.25) is 0 Å². The van der Waals surface area contributed by atoms with E-state index in [0.29, 0.717) is 35.1 Å². The molecule has 0 bridgehead atoms. The lowest BCUT2D eigenvalue weighted by Gasteiger charge is -2.11. The molecule has 0 aliphatic heterocycles. The van der Waals surface area contributed by atoms with Crippen molar-refractivity contribution in [2.45, 2.75) is 20.3 Å². The third-order valence-electron chi connectivity index (χ3n) is 3.71. The van der Waals surface area contributed by atoms with Gasteiger partial charge in [0, 0.05) is 12.6 Å². The largest absolute Gasteiger partial charge is 0.494 e. The number of para-hydroxylation sites is 1. The zero-order valence-electron chi connectivity index (χ0n) is 14.8. The van der Waals surface area contributed by atoms with Gasteiger partial charge in [0.25, 0.3) is 11.8 Å². The predicted octanol–water partition coefficient (Wildman–Crippen LogP) is 3.72. The lowest BCUT2D eigenvalue weighted by molar-refractivity contribution is 0.0964. The minimum atomic E-state index is -0.286. The van der Waals surface area contributed by atoms with E-state index in [4.69, 9.17) is 4.74 Å². The second-order valence-corrected chi connectivity index (χ2v) is 6.14. The van der Waals surface area contributed by atoms with Crippen LogP contribution in [-0.4, -0.2) is 25.5 Å². The molecule has 132 valence electrons. The summed E-state index contributed by atoms with van der Waals surface area (Å²) < 4.78 is 5.69. The highest BCUT2D eigenvalue weighted by molar-refractivity contribution is 6.09. The van der Waals surface area contributed by atoms with Gasteiger partial charge in [-0.05, 0) is 42.7 Å². The summed E-state index contributed by atoms with van der Waals surface area (Å²) in [5.74, 6) is 0.688. The Morgan fingerprint density at radius 3 is 2.52 bits per heavy atom. The number of ether oxygens (including phenoxy) is 1. The lowest BCUT2D eigenvalue weighted by atomic mass is 10.1. The Bertz CT molecular complexity index is 741. The van der Waals surface area contributed by atoms with Crippen LogP contribution in [-0.2, 0) is 0 Å². The molecule has 5 nitrogen and oxygen atoms in total. The number of benzene rings is 2. The summed E-state index contributed by atoms with van der Waals surface area (Å²) in [5.41, 5.74) is 1.37. The molecular formula is C20H24N2O3. The Hall–Kier alpha value is -2.82. The minimum Gasteiger partial charge on any atom is -0.494 e. The molecule has 25 heavy (non-hydrogen) atoms. The first-order chi connectivity index (χ1) is 12.0. The van der Waals surface area contributed by atoms with Gasteiger partial charge in [-0.3, -0.25) is 9.59 Å². The van der Waals surface area contributed by atoms with E-state index >= 15 is 0 Å². The molecule has 0 heterocycles. The molecule has 0 atom stereocenters. The molecule has 2 N–H and O–H groups in total. The molecule has 0 unspecified atom stereocenters. The average Bonchev–Trinajstić information content (AvgIpc) is 2.61. The molecule has 0 fully saturated rings. The van der Waals surface area contributed by atoms with Crippen LogP contribution in [0.4, 0.5) is 5.69 Å². The topological polar surface area (TPSA) is 67.4 Å². The summed E-state index contributed by atoms with van der Waals surface area (Å²) in [6.07, 6.45) is 0.954. The van der Waals surface area contributed by atoms with Crippen molar-refractivity contribution in [3.63, 3.8) is 0 Å². The Morgan fingerprint density at radius 2 is 1.80 bits per heavy atom. The van der Waals surface area contributed by atoms with Gasteiger partial charge in [0.05, 0.1) is 17.9 Å². The predicted molar refractivity (Wildman–Crippen MR) is 99.2 cm³/mol. The number of rotatable bonds is 7. The first-order valence-corrected chi connectivity index (χ1v) is 8.36. The Morgan fingerprint density at radius 1 is 1.04 bits per heavy atom. The number of hydrogen-bond acceptors (Lipinski definition) is 3. The van der Waals surface area contributed by atoms with Gasteiger partial charge in [0.15, 0.2) is 0 Å². The maximum absolute atomic E-state index is 12.5. The van der Waals surface area contributed by atoms with Gasteiger partial charge in [-0.15, -0.1) is 0 Å². The molecule has 0 aromatic heterocycles. The maximum atomic E-state index is 12.5. The highest BCUT2D eigenvalue weighted by Gasteiger charge is 2.13. The summed E-state index contributed by atoms with van der Waals surface area (Å²) in [6.45, 7) is 4.89. The van der Waals surface area contributed by atoms with Crippen LogP contribution < -0.4 is 15.4 Å².